The van der Waals surface area contributed by atoms with Crippen molar-refractivity contribution in [3.63, 3.8) is 0 Å². The second-order valence-corrected chi connectivity index (χ2v) is 6.69. The molecule has 1 aliphatic rings. The number of ether oxygens (including phenoxy) is 2. The number of nitrogens with two attached hydrogens (primary N) is 2. The van der Waals surface area contributed by atoms with Crippen LogP contribution in [0.4, 0.5) is 4.39 Å². The van der Waals surface area contributed by atoms with Gasteiger partial charge in [0.2, 0.25) is 0 Å². The van der Waals surface area contributed by atoms with Crippen LogP contribution in [0.25, 0.3) is 11.1 Å². The van der Waals surface area contributed by atoms with E-state index in [1.54, 1.807) is 12.1 Å². The number of benzene rings is 3. The second-order valence-electron chi connectivity index (χ2n) is 6.28. The van der Waals surface area contributed by atoms with Gasteiger partial charge in [-0.25, -0.2) is 4.39 Å². The maximum absolute atomic E-state index is 15.1. The third-order valence-electron chi connectivity index (χ3n) is 4.78. The third-order valence-corrected chi connectivity index (χ3v) is 5.10. The quantitative estimate of drug-likeness (QED) is 0.565. The van der Waals surface area contributed by atoms with Crippen molar-refractivity contribution >= 4 is 17.9 Å². The van der Waals surface area contributed by atoms with E-state index in [9.17, 15) is 4.79 Å². The van der Waals surface area contributed by atoms with Crippen LogP contribution in [0.15, 0.2) is 54.6 Å². The van der Waals surface area contributed by atoms with E-state index in [4.69, 9.17) is 21.1 Å². The summed E-state index contributed by atoms with van der Waals surface area (Å²) >= 11 is 6.45. The number of fused-ring (bicyclic) bond motifs is 1. The van der Waals surface area contributed by atoms with Gasteiger partial charge in [-0.15, -0.1) is 0 Å². The minimum atomic E-state index is -0.611. The molecule has 0 radical (unpaired) electrons. The van der Waals surface area contributed by atoms with Crippen molar-refractivity contribution in [2.24, 2.45) is 11.5 Å². The first kappa shape index (κ1) is 24.3. The Kier molecular flexibility index (Phi) is 9.00. The van der Waals surface area contributed by atoms with Gasteiger partial charge < -0.3 is 20.9 Å². The van der Waals surface area contributed by atoms with Gasteiger partial charge in [-0.1, -0.05) is 41.9 Å². The summed E-state index contributed by atoms with van der Waals surface area (Å²) in [6.07, 6.45) is 0.967. The number of hydrogen-bond donors (Lipinski definition) is 2. The highest BCUT2D eigenvalue weighted by Gasteiger charge is 2.30. The monoisotopic (exact) mass is 444 g/mol. The molecule has 1 heterocycles. The maximum Gasteiger partial charge on any atom is 0.173 e. The molecule has 0 bridgehead atoms. The van der Waals surface area contributed by atoms with Crippen molar-refractivity contribution in [1.82, 2.24) is 0 Å². The van der Waals surface area contributed by atoms with Gasteiger partial charge in [-0.3, -0.25) is 4.79 Å². The van der Waals surface area contributed by atoms with Crippen LogP contribution in [-0.2, 0) is 6.42 Å². The minimum absolute atomic E-state index is 0.0581. The summed E-state index contributed by atoms with van der Waals surface area (Å²) in [5, 5.41) is 0.362. The Morgan fingerprint density at radius 2 is 1.71 bits per heavy atom. The van der Waals surface area contributed by atoms with Crippen LogP contribution in [0.3, 0.4) is 0 Å². The first-order valence-electron chi connectivity index (χ1n) is 9.64. The molecular formula is C24H26ClFN2O3. The normalized spacial score (nSPS) is 13.6. The van der Waals surface area contributed by atoms with Crippen LogP contribution in [-0.4, -0.2) is 27.5 Å². The van der Waals surface area contributed by atoms with E-state index in [1.807, 2.05) is 30.3 Å². The van der Waals surface area contributed by atoms with Crippen molar-refractivity contribution in [2.45, 2.75) is 12.5 Å². The maximum atomic E-state index is 15.1. The summed E-state index contributed by atoms with van der Waals surface area (Å²) in [5.41, 5.74) is 11.6. The molecule has 31 heavy (non-hydrogen) atoms. The largest absolute Gasteiger partial charge is 0.494 e. The lowest BCUT2D eigenvalue weighted by atomic mass is 9.92. The van der Waals surface area contributed by atoms with E-state index in [-0.39, 0.29) is 23.0 Å². The van der Waals surface area contributed by atoms with Crippen molar-refractivity contribution in [1.29, 1.82) is 0 Å². The van der Waals surface area contributed by atoms with E-state index < -0.39 is 5.82 Å². The number of carbonyl (C=O) groups is 1. The zero-order chi connectivity index (χ0) is 23.0. The molecule has 4 rings (SSSR count). The predicted molar refractivity (Wildman–Crippen MR) is 123 cm³/mol. The molecule has 0 saturated heterocycles. The average Bonchev–Trinajstić information content (AvgIpc) is 3.27. The van der Waals surface area contributed by atoms with Gasteiger partial charge in [0.15, 0.2) is 17.9 Å². The lowest BCUT2D eigenvalue weighted by Gasteiger charge is -2.14. The first-order valence-corrected chi connectivity index (χ1v) is 10.0. The molecule has 7 heteroatoms. The van der Waals surface area contributed by atoms with Crippen molar-refractivity contribution in [3.05, 3.63) is 82.1 Å². The predicted octanol–water partition coefficient (Wildman–Crippen LogP) is 4.79. The molecule has 3 aromatic rings. The molecule has 0 amide bonds. The van der Waals surface area contributed by atoms with E-state index in [0.29, 0.717) is 29.0 Å². The summed E-state index contributed by atoms with van der Waals surface area (Å²) in [4.78, 5) is 11.6. The van der Waals surface area contributed by atoms with Gasteiger partial charge in [-0.2, -0.15) is 0 Å². The van der Waals surface area contributed by atoms with Crippen LogP contribution in [0.2, 0.25) is 5.02 Å². The Morgan fingerprint density at radius 1 is 1.03 bits per heavy atom. The number of hydrogen-bond acceptors (Lipinski definition) is 5. The van der Waals surface area contributed by atoms with Gasteiger partial charge in [0.25, 0.3) is 0 Å². The fourth-order valence-corrected chi connectivity index (χ4v) is 3.77. The van der Waals surface area contributed by atoms with E-state index in [2.05, 4.69) is 11.5 Å². The highest BCUT2D eigenvalue weighted by Crippen LogP contribution is 2.47. The zero-order valence-corrected chi connectivity index (χ0v) is 18.4. The van der Waals surface area contributed by atoms with E-state index in [1.165, 1.54) is 33.3 Å². The summed E-state index contributed by atoms with van der Waals surface area (Å²) in [7, 11) is 4.38. The molecule has 0 saturated carbocycles. The van der Waals surface area contributed by atoms with Gasteiger partial charge >= 0.3 is 0 Å². The molecule has 0 spiro atoms. The fraction of sp³-hybridized carbons (Fsp3) is 0.208. The molecule has 164 valence electrons. The van der Waals surface area contributed by atoms with Crippen LogP contribution in [0.1, 0.15) is 27.6 Å². The molecule has 0 aromatic heterocycles. The highest BCUT2D eigenvalue weighted by molar-refractivity contribution is 6.33. The Balaban J connectivity index is 0.000000807. The summed E-state index contributed by atoms with van der Waals surface area (Å²) in [6, 6.07) is 16.2. The number of carbonyl (C=O) groups excluding carboxylic acids is 1. The Hall–Kier alpha value is -2.93. The first-order chi connectivity index (χ1) is 15.1. The molecule has 5 nitrogen and oxygen atoms in total. The van der Waals surface area contributed by atoms with E-state index >= 15 is 4.39 Å². The average molecular weight is 445 g/mol. The van der Waals surface area contributed by atoms with Gasteiger partial charge in [0, 0.05) is 33.7 Å². The third kappa shape index (κ3) is 4.88. The standard InChI is InChI=1S/C22H16ClFO3.2CH5N/c1-26-18-9-7-14(12-25)20(22(18)24)21-15-11-19(13-5-3-2-4-6-13)27-17(15)10-8-16(21)23;2*1-2/h2-10,12,19H,11H2,1H3;2*2H2,1H3. The highest BCUT2D eigenvalue weighted by atomic mass is 35.5. The van der Waals surface area contributed by atoms with Crippen molar-refractivity contribution in [3.8, 4) is 22.6 Å². The van der Waals surface area contributed by atoms with Crippen LogP contribution >= 0.6 is 11.6 Å². The van der Waals surface area contributed by atoms with Crippen LogP contribution in [0, 0.1) is 5.82 Å². The minimum Gasteiger partial charge on any atom is -0.494 e. The van der Waals surface area contributed by atoms with Gasteiger partial charge in [0.1, 0.15) is 11.9 Å². The number of aldehydes is 1. The number of halogens is 2. The zero-order valence-electron chi connectivity index (χ0n) is 17.7. The van der Waals surface area contributed by atoms with Gasteiger partial charge in [0.05, 0.1) is 7.11 Å². The van der Waals surface area contributed by atoms with Gasteiger partial charge in [-0.05, 0) is 43.9 Å². The summed E-state index contributed by atoms with van der Waals surface area (Å²) < 4.78 is 26.3. The SMILES string of the molecule is CN.CN.COc1ccc(C=O)c(-c2c(Cl)ccc3c2CC(c2ccccc2)O3)c1F. The molecule has 0 fully saturated rings. The van der Waals surface area contributed by atoms with Crippen LogP contribution < -0.4 is 20.9 Å². The van der Waals surface area contributed by atoms with Crippen molar-refractivity contribution < 1.29 is 18.7 Å². The Bertz CT molecular complexity index is 1030. The Labute approximate surface area is 186 Å². The lowest BCUT2D eigenvalue weighted by Crippen LogP contribution is -2.03. The molecule has 3 aromatic carbocycles. The second kappa shape index (κ2) is 11.5. The number of rotatable bonds is 4. The van der Waals surface area contributed by atoms with E-state index in [0.717, 1.165) is 11.1 Å². The molecular weight excluding hydrogens is 419 g/mol. The summed E-state index contributed by atoms with van der Waals surface area (Å²) in [6.45, 7) is 0. The molecule has 4 N–H and O–H groups in total. The Morgan fingerprint density at radius 3 is 2.32 bits per heavy atom. The molecule has 1 atom stereocenters. The smallest absolute Gasteiger partial charge is 0.173 e. The number of methoxy groups -OCH3 is 1. The summed E-state index contributed by atoms with van der Waals surface area (Å²) in [5.74, 6) is 0.0886. The molecule has 0 aliphatic carbocycles. The molecule has 1 unspecified atom stereocenters. The molecule has 1 aliphatic heterocycles. The van der Waals surface area contributed by atoms with Crippen molar-refractivity contribution in [2.75, 3.05) is 21.2 Å². The lowest BCUT2D eigenvalue weighted by molar-refractivity contribution is 0.112. The fourth-order valence-electron chi connectivity index (χ4n) is 3.50. The van der Waals surface area contributed by atoms with Crippen LogP contribution in [0.5, 0.6) is 11.5 Å². The topological polar surface area (TPSA) is 87.6 Å².